The molecule has 0 bridgehead atoms. The number of nitrogens with zero attached hydrogens (tertiary/aromatic N) is 3. The van der Waals surface area contributed by atoms with Crippen LogP contribution in [0.4, 0.5) is 0 Å². The highest BCUT2D eigenvalue weighted by molar-refractivity contribution is 6.02. The number of ether oxygens (including phenoxy) is 1. The highest BCUT2D eigenvalue weighted by Gasteiger charge is 2.21. The number of pyridine rings is 1. The minimum Gasteiger partial charge on any atom is -0.456 e. The molecular formula is C46H29N3O. The molecule has 0 aliphatic carbocycles. The number of rotatable bonds is 5. The van der Waals surface area contributed by atoms with Crippen LogP contribution in [0, 0.1) is 0 Å². The van der Waals surface area contributed by atoms with Crippen LogP contribution in [0.3, 0.4) is 0 Å². The molecule has 10 rings (SSSR count). The van der Waals surface area contributed by atoms with Gasteiger partial charge < -0.3 is 4.74 Å². The van der Waals surface area contributed by atoms with E-state index in [-0.39, 0.29) is 0 Å². The van der Waals surface area contributed by atoms with Crippen molar-refractivity contribution in [1.82, 2.24) is 14.5 Å². The summed E-state index contributed by atoms with van der Waals surface area (Å²) in [4.78, 5) is 9.64. The van der Waals surface area contributed by atoms with Gasteiger partial charge in [0.15, 0.2) is 0 Å². The smallest absolute Gasteiger partial charge is 0.145 e. The Kier molecular flexibility index (Phi) is 6.46. The average molecular weight is 640 g/mol. The van der Waals surface area contributed by atoms with Gasteiger partial charge in [0.2, 0.25) is 0 Å². The molecule has 50 heavy (non-hydrogen) atoms. The van der Waals surface area contributed by atoms with Gasteiger partial charge in [0.25, 0.3) is 0 Å². The maximum atomic E-state index is 6.44. The molecule has 0 unspecified atom stereocenters. The summed E-state index contributed by atoms with van der Waals surface area (Å²) >= 11 is 0. The van der Waals surface area contributed by atoms with Gasteiger partial charge in [-0.1, -0.05) is 103 Å². The van der Waals surface area contributed by atoms with Gasteiger partial charge in [-0.3, -0.25) is 9.55 Å². The second kappa shape index (κ2) is 11.4. The topological polar surface area (TPSA) is 39.9 Å². The van der Waals surface area contributed by atoms with Crippen molar-refractivity contribution in [2.75, 3.05) is 0 Å². The molecule has 234 valence electrons. The third kappa shape index (κ3) is 4.69. The molecule has 0 saturated carbocycles. The molecular weight excluding hydrogens is 611 g/mol. The lowest BCUT2D eigenvalue weighted by atomic mass is 9.93. The van der Waals surface area contributed by atoms with Crippen LogP contribution in [0.1, 0.15) is 0 Å². The molecule has 0 N–H and O–H groups in total. The first kappa shape index (κ1) is 28.3. The van der Waals surface area contributed by atoms with Crippen molar-refractivity contribution in [2.24, 2.45) is 0 Å². The largest absolute Gasteiger partial charge is 0.456 e. The zero-order valence-corrected chi connectivity index (χ0v) is 27.0. The minimum atomic E-state index is 0.849. The molecule has 0 radical (unpaired) electrons. The van der Waals surface area contributed by atoms with Gasteiger partial charge in [0.05, 0.1) is 21.9 Å². The van der Waals surface area contributed by atoms with Crippen molar-refractivity contribution in [2.45, 2.75) is 0 Å². The SMILES string of the molecule is c1ccc(-n2c(-c3cccc(-c4cccc(-c5cccc(-c6ccc7c(c6)Oc6ccnc8cccc-7c68)c5)c4)c3)nc3ccccc32)cc1. The van der Waals surface area contributed by atoms with E-state index in [9.17, 15) is 0 Å². The Hall–Kier alpha value is -6.78. The van der Waals surface area contributed by atoms with E-state index in [1.807, 2.05) is 30.5 Å². The summed E-state index contributed by atoms with van der Waals surface area (Å²) in [5.41, 5.74) is 14.3. The molecule has 2 aromatic heterocycles. The zero-order valence-electron chi connectivity index (χ0n) is 27.0. The van der Waals surface area contributed by atoms with E-state index >= 15 is 0 Å². The molecule has 4 nitrogen and oxygen atoms in total. The van der Waals surface area contributed by atoms with E-state index in [0.29, 0.717) is 0 Å². The summed E-state index contributed by atoms with van der Waals surface area (Å²) in [5.74, 6) is 2.64. The molecule has 1 aliphatic heterocycles. The summed E-state index contributed by atoms with van der Waals surface area (Å²) in [5, 5.41) is 1.07. The fraction of sp³-hybridized carbons (Fsp3) is 0. The molecule has 9 aromatic rings. The molecule has 0 saturated heterocycles. The first-order chi connectivity index (χ1) is 24.8. The highest BCUT2D eigenvalue weighted by atomic mass is 16.5. The van der Waals surface area contributed by atoms with E-state index in [0.717, 1.165) is 95.0 Å². The average Bonchev–Trinajstić information content (AvgIpc) is 3.58. The van der Waals surface area contributed by atoms with Gasteiger partial charge in [0, 0.05) is 23.0 Å². The van der Waals surface area contributed by atoms with Crippen LogP contribution in [0.2, 0.25) is 0 Å². The molecule has 7 aromatic carbocycles. The third-order valence-electron chi connectivity index (χ3n) is 9.64. The fourth-order valence-corrected chi connectivity index (χ4v) is 7.26. The predicted molar refractivity (Wildman–Crippen MR) is 204 cm³/mol. The number of aromatic nitrogens is 3. The maximum Gasteiger partial charge on any atom is 0.145 e. The fourth-order valence-electron chi connectivity index (χ4n) is 7.26. The quantitative estimate of drug-likeness (QED) is 0.188. The van der Waals surface area contributed by atoms with Crippen LogP contribution in [0.5, 0.6) is 11.5 Å². The standard InChI is InChI=1S/C46H29N3O/c1-2-16-37(17-3-1)49-42-21-5-4-19-40(42)48-46(49)36-15-8-14-34(28-36)32-12-6-10-30(26-32)31-11-7-13-33(27-31)35-22-23-38-39-18-9-20-41-45(39)43(24-25-47-41)50-44(38)29-35/h1-29H. The van der Waals surface area contributed by atoms with Gasteiger partial charge in [-0.25, -0.2) is 4.98 Å². The third-order valence-corrected chi connectivity index (χ3v) is 9.64. The minimum absolute atomic E-state index is 0.849. The summed E-state index contributed by atoms with van der Waals surface area (Å²) < 4.78 is 8.68. The van der Waals surface area contributed by atoms with Crippen LogP contribution >= 0.6 is 0 Å². The van der Waals surface area contributed by atoms with E-state index in [1.54, 1.807) is 0 Å². The lowest BCUT2D eigenvalue weighted by Gasteiger charge is -2.21. The summed E-state index contributed by atoms with van der Waals surface area (Å²) in [6.07, 6.45) is 1.81. The normalized spacial score (nSPS) is 11.8. The van der Waals surface area contributed by atoms with Crippen molar-refractivity contribution in [3.8, 4) is 73.1 Å². The Morgan fingerprint density at radius 2 is 1.02 bits per heavy atom. The van der Waals surface area contributed by atoms with E-state index < -0.39 is 0 Å². The Labute approximate surface area is 289 Å². The van der Waals surface area contributed by atoms with Gasteiger partial charge in [-0.2, -0.15) is 0 Å². The molecule has 0 fully saturated rings. The highest BCUT2D eigenvalue weighted by Crippen LogP contribution is 2.47. The number of benzene rings is 7. The Bertz CT molecular complexity index is 2740. The van der Waals surface area contributed by atoms with Crippen LogP contribution in [0.15, 0.2) is 176 Å². The lowest BCUT2D eigenvalue weighted by Crippen LogP contribution is -1.98. The Balaban J connectivity index is 1.00. The van der Waals surface area contributed by atoms with Crippen LogP contribution in [-0.4, -0.2) is 14.5 Å². The first-order valence-electron chi connectivity index (χ1n) is 16.8. The zero-order chi connectivity index (χ0) is 33.0. The van der Waals surface area contributed by atoms with Crippen molar-refractivity contribution in [1.29, 1.82) is 0 Å². The Morgan fingerprint density at radius 1 is 0.420 bits per heavy atom. The molecule has 4 heteroatoms. The molecule has 3 heterocycles. The van der Waals surface area contributed by atoms with Gasteiger partial charge in [-0.05, 0) is 106 Å². The molecule has 0 spiro atoms. The van der Waals surface area contributed by atoms with Crippen LogP contribution in [0.25, 0.3) is 83.5 Å². The second-order valence-corrected chi connectivity index (χ2v) is 12.7. The maximum absolute atomic E-state index is 6.44. The molecule has 1 aliphatic rings. The number of hydrogen-bond donors (Lipinski definition) is 0. The number of fused-ring (bicyclic) bond motifs is 3. The lowest BCUT2D eigenvalue weighted by molar-refractivity contribution is 0.487. The van der Waals surface area contributed by atoms with Crippen LogP contribution < -0.4 is 4.74 Å². The Morgan fingerprint density at radius 3 is 1.76 bits per heavy atom. The summed E-state index contributed by atoms with van der Waals surface area (Å²) in [6, 6.07) is 59.7. The van der Waals surface area contributed by atoms with Gasteiger partial charge in [0.1, 0.15) is 17.3 Å². The van der Waals surface area contributed by atoms with Crippen molar-refractivity contribution >= 4 is 21.9 Å². The van der Waals surface area contributed by atoms with Crippen molar-refractivity contribution < 1.29 is 4.74 Å². The van der Waals surface area contributed by atoms with Gasteiger partial charge >= 0.3 is 0 Å². The van der Waals surface area contributed by atoms with E-state index in [2.05, 4.69) is 155 Å². The predicted octanol–water partition coefficient (Wildman–Crippen LogP) is 12.0. The molecule has 0 amide bonds. The first-order valence-corrected chi connectivity index (χ1v) is 16.8. The van der Waals surface area contributed by atoms with Crippen molar-refractivity contribution in [3.05, 3.63) is 176 Å². The van der Waals surface area contributed by atoms with E-state index in [4.69, 9.17) is 9.72 Å². The number of para-hydroxylation sites is 3. The van der Waals surface area contributed by atoms with E-state index in [1.165, 1.54) is 0 Å². The second-order valence-electron chi connectivity index (χ2n) is 12.7. The summed E-state index contributed by atoms with van der Waals surface area (Å²) in [7, 11) is 0. The number of imidazole rings is 1. The number of hydrogen-bond acceptors (Lipinski definition) is 3. The van der Waals surface area contributed by atoms with Crippen molar-refractivity contribution in [3.63, 3.8) is 0 Å². The monoisotopic (exact) mass is 639 g/mol. The van der Waals surface area contributed by atoms with Crippen LogP contribution in [-0.2, 0) is 0 Å². The molecule has 0 atom stereocenters. The van der Waals surface area contributed by atoms with Gasteiger partial charge in [-0.15, -0.1) is 0 Å². The summed E-state index contributed by atoms with van der Waals surface area (Å²) in [6.45, 7) is 0.